The van der Waals surface area contributed by atoms with Gasteiger partial charge in [-0.3, -0.25) is 67.2 Å². The van der Waals surface area contributed by atoms with Gasteiger partial charge < -0.3 is 78.2 Å². The number of halogens is 1. The number of carboxylic acid groups (broad SMARTS) is 2. The Hall–Kier alpha value is -10.6. The predicted molar refractivity (Wildman–Crippen MR) is 518 cm³/mol. The van der Waals surface area contributed by atoms with Crippen LogP contribution >= 0.6 is 35.1 Å². The molecule has 0 saturated carbocycles. The fourth-order valence-electron chi connectivity index (χ4n) is 17.7. The van der Waals surface area contributed by atoms with Crippen molar-refractivity contribution in [3.8, 4) is 0 Å². The number of carbonyl (C=O) groups is 17. The number of amides is 12. The van der Waals surface area contributed by atoms with E-state index in [-0.39, 0.29) is 119 Å². The summed E-state index contributed by atoms with van der Waals surface area (Å²) in [6.45, 7) is 17.1. The van der Waals surface area contributed by atoms with E-state index in [1.165, 1.54) is 30.5 Å². The molecule has 2 unspecified atom stereocenters. The van der Waals surface area contributed by atoms with Gasteiger partial charge in [-0.15, -0.1) is 0 Å². The van der Waals surface area contributed by atoms with Crippen molar-refractivity contribution >= 4 is 180 Å². The van der Waals surface area contributed by atoms with Crippen molar-refractivity contribution in [2.24, 2.45) is 17.8 Å². The third kappa shape index (κ3) is 33.3. The van der Waals surface area contributed by atoms with Gasteiger partial charge in [0.25, 0.3) is 0 Å². The van der Waals surface area contributed by atoms with Gasteiger partial charge >= 0.3 is 209 Å². The molecule has 0 radical (unpaired) electrons. The molecule has 11 rings (SSSR count). The van der Waals surface area contributed by atoms with Crippen molar-refractivity contribution in [1.82, 2.24) is 97.9 Å². The number of benzene rings is 3. The van der Waals surface area contributed by atoms with Crippen LogP contribution in [0.25, 0.3) is 21.8 Å². The number of rotatable bonds is 32. The zero-order chi connectivity index (χ0) is 100. The van der Waals surface area contributed by atoms with E-state index in [0.717, 1.165) is 11.1 Å². The number of likely N-dealkylation sites (tertiary alicyclic amines) is 2. The Morgan fingerprint density at radius 2 is 1.14 bits per heavy atom. The standard InChI is InChI=1S/C94H134ClN19O22S2.In/c1-9-57(6)83-91(134)96-25-37-137-52-58-14-12-15-59(40-58)53-138-54-74(89(132)108-94(7,8)93(136)106-70(39-56(4)5)88(131)107-83)105-85(128)69(38-55(2)3)102-84(127)68(21-22-78(117)118)101-90(133)75-18-13-26-114(75)92(135)73(42-61-46-98-67-20-19-62(95)43-65(61)67)104-86(129)71(41-60-45-97-66-17-11-10-16-64(60)66)103-87(130)72(44-79(119)120)100-77(116)48-109-27-23-63(24-28-109)99-76(115)47-110-29-31-111(49-80(121)122)33-35-113(51-82(125)126)36-34-112(32-30-110)50-81(123)124;/h10-12,14-17,19-20,40,43,45-46,55-57,63,68-75,83,97-98H,9,13,18,21-39,41-42,44,47-54H2,1-8H3,(H,96,134)(H,99,115)(H,100,116)(H,101,133)(H,102,127)(H,103,130)(H,104,129)(H,105,128)(H,106,136)(H,107,131)(H,108,132)(H,117,118)(H,119,120)(H,121,122)(H,123,124)(H,125,126);/q;+3/p-3/t57-,68-,69+,70-,71-,72-,73-,74-,75-,83-;/m0./s1. The average molecular weight is 2090 g/mol. The fourth-order valence-corrected chi connectivity index (χ4v) is 22.5. The summed E-state index contributed by atoms with van der Waals surface area (Å²) in [5, 5.41) is 52.9. The summed E-state index contributed by atoms with van der Waals surface area (Å²) in [7, 11) is 0. The van der Waals surface area contributed by atoms with Crippen LogP contribution in [-0.2, 0) is 114 Å². The van der Waals surface area contributed by atoms with Crippen LogP contribution in [-0.4, -0.2) is 362 Å². The molecule has 12 atom stereocenters. The van der Waals surface area contributed by atoms with Gasteiger partial charge in [0.15, 0.2) is 0 Å². The maximum absolute atomic E-state index is 15.8. The van der Waals surface area contributed by atoms with Gasteiger partial charge in [-0.25, -0.2) is 0 Å². The molecule has 139 heavy (non-hydrogen) atoms. The molecule has 8 heterocycles. The van der Waals surface area contributed by atoms with Crippen LogP contribution in [0.3, 0.4) is 0 Å². The van der Waals surface area contributed by atoms with Gasteiger partial charge in [-0.05, 0) is 110 Å². The second-order valence-corrected chi connectivity index (χ2v) is 44.1. The smallest absolute Gasteiger partial charge is 0.353 e. The molecule has 15 N–H and O–H groups in total. The first kappa shape index (κ1) is 109. The van der Waals surface area contributed by atoms with Gasteiger partial charge in [0, 0.05) is 108 Å². The van der Waals surface area contributed by atoms with Crippen LogP contribution in [0, 0.1) is 17.8 Å². The summed E-state index contributed by atoms with van der Waals surface area (Å²) < 4.78 is 16.4. The van der Waals surface area contributed by atoms with E-state index in [4.69, 9.17) is 20.2 Å². The predicted octanol–water partition coefficient (Wildman–Crippen LogP) is 1.07. The number of hydrogen-bond acceptors (Lipinski definition) is 27. The summed E-state index contributed by atoms with van der Waals surface area (Å²) in [5.74, 6) is -13.3. The zero-order valence-corrected chi connectivity index (χ0v) is 85.5. The van der Waals surface area contributed by atoms with Crippen LogP contribution in [0.5, 0.6) is 0 Å². The monoisotopic (exact) mass is 2090 g/mol. The molecule has 0 spiro atoms. The van der Waals surface area contributed by atoms with E-state index in [9.17, 15) is 67.7 Å². The minimum atomic E-state index is -4.36. The van der Waals surface area contributed by atoms with E-state index >= 15 is 24.0 Å². The van der Waals surface area contributed by atoms with Crippen molar-refractivity contribution in [3.63, 3.8) is 0 Å². The molecule has 2 aromatic heterocycles. The summed E-state index contributed by atoms with van der Waals surface area (Å²) in [6, 6.07) is 6.60. The Morgan fingerprint density at radius 3 is 1.77 bits per heavy atom. The number of para-hydroxylation sites is 1. The van der Waals surface area contributed by atoms with Gasteiger partial charge in [0.05, 0.1) is 13.0 Å². The normalized spacial score (nSPS) is 22.5. The second-order valence-electron chi connectivity index (χ2n) is 37.8. The number of aromatic amines is 2. The minimum Gasteiger partial charge on any atom is -0.353 e. The molecule has 756 valence electrons. The Labute approximate surface area is 830 Å². The van der Waals surface area contributed by atoms with Crippen LogP contribution in [0.1, 0.15) is 142 Å². The first-order valence-corrected chi connectivity index (χ1v) is 54.3. The Balaban J connectivity index is 0.773. The average Bonchev–Trinajstić information content (AvgIpc) is 1.64. The number of thioether (sulfide) groups is 2. The summed E-state index contributed by atoms with van der Waals surface area (Å²) in [4.78, 5) is 258. The van der Waals surface area contributed by atoms with Crippen LogP contribution < -0.4 is 58.5 Å². The van der Waals surface area contributed by atoms with Crippen molar-refractivity contribution < 1.29 is 100 Å². The first-order chi connectivity index (χ1) is 66.3. The molecule has 6 bridgehead atoms. The van der Waals surface area contributed by atoms with E-state index in [1.54, 1.807) is 85.4 Å². The number of aliphatic carboxylic acids is 2. The van der Waals surface area contributed by atoms with E-state index in [1.807, 2.05) is 71.6 Å². The number of carboxylic acids is 2. The van der Waals surface area contributed by atoms with Crippen molar-refractivity contribution in [2.75, 3.05) is 123 Å². The number of aromatic nitrogens is 2. The molecule has 6 aliphatic heterocycles. The van der Waals surface area contributed by atoms with Crippen molar-refractivity contribution in [2.45, 2.75) is 210 Å². The SMILES string of the molecule is CC[C@H](C)[C@@H]1NC(=O)[C@H](CC(C)C)NC(=O)C(C)(C)NC(=O)[C@@H](NC(=O)[C@@H](CC(C)C)NC(=O)[C@H](CCC(=O)O)NC(=O)[C@@H]2CCCN2C(=O)[C@H](Cc2c[nH]c3ccc(Cl)cc23)NC(=O)[C@H](Cc2c[nH]c3ccccc23)NC(=O)[C@H](CC(=O)O)NC(=O)CN2CCC(NC(=O)CN3CCN4CCN5CCN(CC3)CC(=O)[O][In]([O]C(=O)C4)[O]C(=O)C5)CC2)CSCc2cccc(c2)CSCCNC1=O. The molecular formula is C94H131ClInN19O22S2. The van der Waals surface area contributed by atoms with Crippen LogP contribution in [0.15, 0.2) is 79.1 Å². The molecule has 5 saturated heterocycles. The van der Waals surface area contributed by atoms with Crippen molar-refractivity contribution in [1.29, 1.82) is 0 Å². The molecule has 5 aromatic rings. The van der Waals surface area contributed by atoms with Gasteiger partial charge in [-0.1, -0.05) is 102 Å². The molecule has 3 aromatic carbocycles. The number of nitrogens with one attached hydrogen (secondary N) is 13. The molecular weight excluding hydrogens is 1960 g/mol. The molecule has 41 nitrogen and oxygen atoms in total. The maximum atomic E-state index is 15.8. The minimum absolute atomic E-state index is 0.00580. The third-order valence-electron chi connectivity index (χ3n) is 25.5. The molecule has 45 heteroatoms. The topological polar surface area (TPSA) is 542 Å². The Bertz CT molecular complexity index is 5200. The van der Waals surface area contributed by atoms with Gasteiger partial charge in [0.1, 0.15) is 59.9 Å². The number of H-pyrrole nitrogens is 2. The summed E-state index contributed by atoms with van der Waals surface area (Å²) in [5.41, 5.74) is 2.35. The number of carbonyl (C=O) groups excluding carboxylic acids is 15. The molecule has 0 aliphatic carbocycles. The van der Waals surface area contributed by atoms with Crippen LogP contribution in [0.2, 0.25) is 5.02 Å². The molecule has 5 fully saturated rings. The van der Waals surface area contributed by atoms with Crippen LogP contribution in [0.4, 0.5) is 0 Å². The van der Waals surface area contributed by atoms with E-state index in [0.29, 0.717) is 146 Å². The third-order valence-corrected chi connectivity index (χ3v) is 31.7. The Morgan fingerprint density at radius 1 is 0.568 bits per heavy atom. The van der Waals surface area contributed by atoms with E-state index in [2.05, 4.69) is 68.5 Å². The summed E-state index contributed by atoms with van der Waals surface area (Å²) in [6.07, 6.45) is 2.19. The fraction of sp³-hybridized carbons (Fsp3) is 0.585. The quantitative estimate of drug-likeness (QED) is 0.0286. The van der Waals surface area contributed by atoms with E-state index < -0.39 is 191 Å². The zero-order valence-electron chi connectivity index (χ0n) is 79.9. The first-order valence-electron chi connectivity index (χ1n) is 47.6. The Kier molecular flexibility index (Phi) is 40.9. The number of piperidine rings is 1. The van der Waals surface area contributed by atoms with Crippen molar-refractivity contribution in [3.05, 3.63) is 106 Å². The second kappa shape index (κ2) is 52.2. The number of hydrogen-bond donors (Lipinski definition) is 15. The molecule has 6 aliphatic rings. The number of nitrogens with zero attached hydrogens (tertiary/aromatic N) is 6. The number of fused-ring (bicyclic) bond motifs is 11. The van der Waals surface area contributed by atoms with Gasteiger partial charge in [-0.2, -0.15) is 23.5 Å². The molecule has 12 amide bonds. The summed E-state index contributed by atoms with van der Waals surface area (Å²) >= 11 is 5.12. The van der Waals surface area contributed by atoms with Gasteiger partial charge in [0.2, 0.25) is 65.0 Å².